The molecule has 2 aliphatic rings. The average Bonchev–Trinajstić information content (AvgIpc) is 3.36. The van der Waals surface area contributed by atoms with Gasteiger partial charge in [0, 0.05) is 27.4 Å². The first-order valence-corrected chi connectivity index (χ1v) is 12.0. The first-order chi connectivity index (χ1) is 15.1. The molecule has 0 fully saturated rings. The highest BCUT2D eigenvalue weighted by molar-refractivity contribution is 7.15. The Kier molecular flexibility index (Phi) is 5.44. The van der Waals surface area contributed by atoms with Crippen LogP contribution in [0.1, 0.15) is 53.9 Å². The second-order valence-electron chi connectivity index (χ2n) is 8.12. The summed E-state index contributed by atoms with van der Waals surface area (Å²) in [5, 5.41) is 4.90. The molecule has 5 nitrogen and oxygen atoms in total. The summed E-state index contributed by atoms with van der Waals surface area (Å²) in [5.41, 5.74) is 4.51. The number of halogens is 1. The summed E-state index contributed by atoms with van der Waals surface area (Å²) in [5.74, 6) is 0.595. The SMILES string of the molecule is CC[C@@H]1c2cccn2-c2sc3c(c2CN1C(=O)Nc1cc(Cl)ccc1OC)CCCC3. The van der Waals surface area contributed by atoms with Crippen LogP contribution in [0.25, 0.3) is 5.00 Å². The number of nitrogens with zero attached hydrogens (tertiary/aromatic N) is 2. The molecule has 5 rings (SSSR count). The van der Waals surface area contributed by atoms with Crippen molar-refractivity contribution < 1.29 is 9.53 Å². The summed E-state index contributed by atoms with van der Waals surface area (Å²) >= 11 is 8.09. The maximum absolute atomic E-state index is 13.6. The summed E-state index contributed by atoms with van der Waals surface area (Å²) in [4.78, 5) is 17.1. The van der Waals surface area contributed by atoms with E-state index in [9.17, 15) is 4.79 Å². The third-order valence-electron chi connectivity index (χ3n) is 6.36. The molecule has 162 valence electrons. The molecule has 0 saturated heterocycles. The van der Waals surface area contributed by atoms with Crippen molar-refractivity contribution in [1.82, 2.24) is 9.47 Å². The van der Waals surface area contributed by atoms with E-state index in [4.69, 9.17) is 16.3 Å². The number of carbonyl (C=O) groups is 1. The normalized spacial score (nSPS) is 17.4. The smallest absolute Gasteiger partial charge is 0.322 e. The molecular formula is C24H26ClN3O2S. The maximum atomic E-state index is 13.6. The molecule has 0 saturated carbocycles. The zero-order chi connectivity index (χ0) is 21.5. The predicted octanol–water partition coefficient (Wildman–Crippen LogP) is 6.58. The van der Waals surface area contributed by atoms with E-state index in [-0.39, 0.29) is 12.1 Å². The number of urea groups is 1. The molecule has 0 radical (unpaired) electrons. The zero-order valence-electron chi connectivity index (χ0n) is 17.8. The van der Waals surface area contributed by atoms with Crippen molar-refractivity contribution in [1.29, 1.82) is 0 Å². The number of hydrogen-bond acceptors (Lipinski definition) is 3. The second-order valence-corrected chi connectivity index (χ2v) is 9.64. The Morgan fingerprint density at radius 1 is 1.26 bits per heavy atom. The van der Waals surface area contributed by atoms with E-state index in [1.165, 1.54) is 33.8 Å². The van der Waals surface area contributed by atoms with Crippen LogP contribution in [0.15, 0.2) is 36.5 Å². The van der Waals surface area contributed by atoms with Gasteiger partial charge in [-0.2, -0.15) is 0 Å². The van der Waals surface area contributed by atoms with E-state index in [0.29, 0.717) is 23.0 Å². The van der Waals surface area contributed by atoms with Gasteiger partial charge >= 0.3 is 6.03 Å². The fourth-order valence-corrected chi connectivity index (χ4v) is 6.45. The standard InChI is InChI=1S/C24H26ClN3O2S/c1-3-19-20-8-6-12-27(20)23-17(16-7-4-5-9-22(16)31-23)14-28(19)24(29)26-18-13-15(25)10-11-21(18)30-2/h6,8,10-13,19H,3-5,7,9,14H2,1-2H3,(H,26,29)/t19-/m1/s1. The summed E-state index contributed by atoms with van der Waals surface area (Å²) in [6, 6.07) is 9.34. The molecule has 7 heteroatoms. The molecule has 31 heavy (non-hydrogen) atoms. The lowest BCUT2D eigenvalue weighted by atomic mass is 9.95. The monoisotopic (exact) mass is 455 g/mol. The van der Waals surface area contributed by atoms with E-state index in [0.717, 1.165) is 25.0 Å². The lowest BCUT2D eigenvalue weighted by molar-refractivity contribution is 0.181. The Balaban J connectivity index is 1.57. The molecular weight excluding hydrogens is 430 g/mol. The van der Waals surface area contributed by atoms with Gasteiger partial charge in [-0.3, -0.25) is 0 Å². The number of thiophene rings is 1. The number of anilines is 1. The number of carbonyl (C=O) groups excluding carboxylic acids is 1. The fraction of sp³-hybridized carbons (Fsp3) is 0.375. The quantitative estimate of drug-likeness (QED) is 0.485. The average molecular weight is 456 g/mol. The van der Waals surface area contributed by atoms with Crippen LogP contribution in [-0.2, 0) is 19.4 Å². The molecule has 1 aliphatic carbocycles. The highest BCUT2D eigenvalue weighted by Crippen LogP contribution is 2.43. The Morgan fingerprint density at radius 2 is 2.10 bits per heavy atom. The summed E-state index contributed by atoms with van der Waals surface area (Å²) < 4.78 is 7.74. The number of aromatic nitrogens is 1. The number of hydrogen-bond donors (Lipinski definition) is 1. The molecule has 0 bridgehead atoms. The van der Waals surface area contributed by atoms with Crippen LogP contribution in [0.4, 0.5) is 10.5 Å². The summed E-state index contributed by atoms with van der Waals surface area (Å²) in [6.07, 6.45) is 7.69. The third-order valence-corrected chi connectivity index (χ3v) is 7.92. The lowest BCUT2D eigenvalue weighted by Gasteiger charge is -2.30. The molecule has 0 spiro atoms. The fourth-order valence-electron chi connectivity index (χ4n) is 4.87. The number of rotatable bonds is 3. The molecule has 3 heterocycles. The molecule has 2 aromatic heterocycles. The van der Waals surface area contributed by atoms with Gasteiger partial charge in [0.05, 0.1) is 25.4 Å². The molecule has 2 amide bonds. The van der Waals surface area contributed by atoms with E-state index < -0.39 is 0 Å². The van der Waals surface area contributed by atoms with E-state index in [1.54, 1.807) is 25.3 Å². The van der Waals surface area contributed by atoms with Crippen molar-refractivity contribution >= 4 is 34.7 Å². The van der Waals surface area contributed by atoms with E-state index >= 15 is 0 Å². The van der Waals surface area contributed by atoms with Crippen LogP contribution in [0.5, 0.6) is 5.75 Å². The van der Waals surface area contributed by atoms with E-state index in [2.05, 4.69) is 35.1 Å². The Labute approximate surface area is 191 Å². The molecule has 3 aromatic rings. The van der Waals surface area contributed by atoms with Crippen LogP contribution in [0, 0.1) is 0 Å². The van der Waals surface area contributed by atoms with Gasteiger partial charge in [-0.05, 0) is 68.0 Å². The van der Waals surface area contributed by atoms with Crippen LogP contribution in [0.3, 0.4) is 0 Å². The Bertz CT molecular complexity index is 1140. The van der Waals surface area contributed by atoms with Gasteiger partial charge in [0.2, 0.25) is 0 Å². The van der Waals surface area contributed by atoms with Crippen LogP contribution in [0.2, 0.25) is 5.02 Å². The van der Waals surface area contributed by atoms with Gasteiger partial charge in [-0.1, -0.05) is 18.5 Å². The minimum atomic E-state index is -0.135. The number of nitrogens with one attached hydrogen (secondary N) is 1. The largest absolute Gasteiger partial charge is 0.495 e. The third kappa shape index (κ3) is 3.52. The van der Waals surface area contributed by atoms with Crippen molar-refractivity contribution in [2.75, 3.05) is 12.4 Å². The number of aryl methyl sites for hydroxylation is 1. The van der Waals surface area contributed by atoms with Gasteiger partial charge in [0.1, 0.15) is 10.8 Å². The molecule has 1 aliphatic heterocycles. The Morgan fingerprint density at radius 3 is 2.90 bits per heavy atom. The van der Waals surface area contributed by atoms with Gasteiger partial charge in [-0.15, -0.1) is 11.3 Å². The molecule has 0 unspecified atom stereocenters. The number of fused-ring (bicyclic) bond motifs is 5. The number of ether oxygens (including phenoxy) is 1. The molecule has 1 atom stereocenters. The summed E-state index contributed by atoms with van der Waals surface area (Å²) in [6.45, 7) is 2.74. The van der Waals surface area contributed by atoms with Crippen LogP contribution >= 0.6 is 22.9 Å². The van der Waals surface area contributed by atoms with Crippen molar-refractivity contribution in [3.8, 4) is 10.8 Å². The van der Waals surface area contributed by atoms with Gasteiger partial charge < -0.3 is 19.5 Å². The maximum Gasteiger partial charge on any atom is 0.322 e. The second kappa shape index (κ2) is 8.24. The van der Waals surface area contributed by atoms with Crippen LogP contribution < -0.4 is 10.1 Å². The zero-order valence-corrected chi connectivity index (χ0v) is 19.4. The topological polar surface area (TPSA) is 46.5 Å². The van der Waals surface area contributed by atoms with Gasteiger partial charge in [-0.25, -0.2) is 4.79 Å². The van der Waals surface area contributed by atoms with Gasteiger partial charge in [0.15, 0.2) is 0 Å². The first kappa shape index (κ1) is 20.5. The number of amides is 2. The first-order valence-electron chi connectivity index (χ1n) is 10.8. The molecule has 1 N–H and O–H groups in total. The van der Waals surface area contributed by atoms with Crippen molar-refractivity contribution in [3.05, 3.63) is 63.2 Å². The van der Waals surface area contributed by atoms with Crippen molar-refractivity contribution in [2.45, 2.75) is 51.6 Å². The highest BCUT2D eigenvalue weighted by Gasteiger charge is 2.34. The van der Waals surface area contributed by atoms with Crippen LogP contribution in [-0.4, -0.2) is 22.6 Å². The van der Waals surface area contributed by atoms with Gasteiger partial charge in [0.25, 0.3) is 0 Å². The predicted molar refractivity (Wildman–Crippen MR) is 126 cm³/mol. The minimum absolute atomic E-state index is 0.0148. The van der Waals surface area contributed by atoms with Crippen molar-refractivity contribution in [2.24, 2.45) is 0 Å². The number of methoxy groups -OCH3 is 1. The highest BCUT2D eigenvalue weighted by atomic mass is 35.5. The Hall–Kier alpha value is -2.44. The molecule has 1 aromatic carbocycles. The number of benzene rings is 1. The minimum Gasteiger partial charge on any atom is -0.495 e. The summed E-state index contributed by atoms with van der Waals surface area (Å²) in [7, 11) is 1.59. The van der Waals surface area contributed by atoms with Crippen molar-refractivity contribution in [3.63, 3.8) is 0 Å². The van der Waals surface area contributed by atoms with E-state index in [1.807, 2.05) is 16.2 Å². The lowest BCUT2D eigenvalue weighted by Crippen LogP contribution is -2.37.